The van der Waals surface area contributed by atoms with Gasteiger partial charge >= 0.3 is 0 Å². The van der Waals surface area contributed by atoms with Gasteiger partial charge in [-0.1, -0.05) is 0 Å². The van der Waals surface area contributed by atoms with E-state index in [0.717, 1.165) is 4.31 Å². The number of hydrogen-bond donors (Lipinski definition) is 0. The van der Waals surface area contributed by atoms with Crippen molar-refractivity contribution in [2.24, 2.45) is 0 Å². The van der Waals surface area contributed by atoms with E-state index in [1.165, 1.54) is 7.05 Å². The molecule has 1 unspecified atom stereocenters. The van der Waals surface area contributed by atoms with Gasteiger partial charge in [0.25, 0.3) is 9.24 Å². The summed E-state index contributed by atoms with van der Waals surface area (Å²) in [5, 5.41) is 8.24. The van der Waals surface area contributed by atoms with Crippen LogP contribution in [0.5, 0.6) is 0 Å². The Hall–Kier alpha value is -0.310. The van der Waals surface area contributed by atoms with E-state index in [-0.39, 0.29) is 12.5 Å². The third-order valence-corrected chi connectivity index (χ3v) is 3.05. The van der Waals surface area contributed by atoms with Crippen LogP contribution in [0.1, 0.15) is 13.3 Å². The highest BCUT2D eigenvalue weighted by molar-refractivity contribution is 8.11. The Morgan fingerprint density at radius 3 is 2.45 bits per heavy atom. The molecule has 11 heavy (non-hydrogen) atoms. The molecule has 0 N–H and O–H groups in total. The normalized spacial score (nSPS) is 14.5. The van der Waals surface area contributed by atoms with Crippen LogP contribution in [0.3, 0.4) is 0 Å². The average molecular weight is 197 g/mol. The highest BCUT2D eigenvalue weighted by Crippen LogP contribution is 2.09. The van der Waals surface area contributed by atoms with Crippen LogP contribution >= 0.6 is 10.7 Å². The van der Waals surface area contributed by atoms with Gasteiger partial charge in [-0.3, -0.25) is 0 Å². The highest BCUT2D eigenvalue weighted by Gasteiger charge is 2.19. The van der Waals surface area contributed by atoms with Crippen LogP contribution in [0.4, 0.5) is 0 Å². The second-order valence-electron chi connectivity index (χ2n) is 2.17. The fraction of sp³-hybridized carbons (Fsp3) is 0.800. The first-order valence-corrected chi connectivity index (χ1v) is 5.20. The number of rotatable bonds is 3. The van der Waals surface area contributed by atoms with E-state index in [2.05, 4.69) is 0 Å². The summed E-state index contributed by atoms with van der Waals surface area (Å²) in [7, 11) is 2.67. The lowest BCUT2D eigenvalue weighted by Gasteiger charge is -2.17. The zero-order valence-corrected chi connectivity index (χ0v) is 7.85. The molecule has 0 fully saturated rings. The summed E-state index contributed by atoms with van der Waals surface area (Å²) in [5.74, 6) is 0. The molecule has 0 amide bonds. The molecule has 64 valence electrons. The number of nitriles is 1. The summed E-state index contributed by atoms with van der Waals surface area (Å²) in [6, 6.07) is 1.48. The van der Waals surface area contributed by atoms with Gasteiger partial charge in [-0.2, -0.15) is 18.0 Å². The van der Waals surface area contributed by atoms with E-state index < -0.39 is 9.24 Å². The van der Waals surface area contributed by atoms with Gasteiger partial charge in [-0.05, 0) is 6.92 Å². The molecular formula is C5H9ClN2O2S. The van der Waals surface area contributed by atoms with Crippen LogP contribution in [0.25, 0.3) is 0 Å². The quantitative estimate of drug-likeness (QED) is 0.625. The number of nitrogens with zero attached hydrogens (tertiary/aromatic N) is 2. The summed E-state index contributed by atoms with van der Waals surface area (Å²) >= 11 is 0. The predicted octanol–water partition coefficient (Wildman–Crippen LogP) is 0.704. The molecule has 0 heterocycles. The summed E-state index contributed by atoms with van der Waals surface area (Å²) in [4.78, 5) is 0. The van der Waals surface area contributed by atoms with Crippen LogP contribution in [0.15, 0.2) is 0 Å². The van der Waals surface area contributed by atoms with Gasteiger partial charge in [0.05, 0.1) is 12.5 Å². The van der Waals surface area contributed by atoms with Crippen molar-refractivity contribution in [1.82, 2.24) is 4.31 Å². The van der Waals surface area contributed by atoms with Crippen molar-refractivity contribution in [2.75, 3.05) is 7.05 Å². The molecule has 0 radical (unpaired) electrons. The molecule has 0 aromatic heterocycles. The van der Waals surface area contributed by atoms with Gasteiger partial charge in [-0.25, -0.2) is 0 Å². The third kappa shape index (κ3) is 3.56. The van der Waals surface area contributed by atoms with Crippen LogP contribution < -0.4 is 0 Å². The monoisotopic (exact) mass is 196 g/mol. The van der Waals surface area contributed by atoms with Gasteiger partial charge in [-0.15, -0.1) is 0 Å². The first kappa shape index (κ1) is 10.7. The Morgan fingerprint density at radius 2 is 2.18 bits per heavy atom. The van der Waals surface area contributed by atoms with Crippen molar-refractivity contribution in [2.45, 2.75) is 19.4 Å². The van der Waals surface area contributed by atoms with Crippen LogP contribution in [-0.4, -0.2) is 25.8 Å². The van der Waals surface area contributed by atoms with Gasteiger partial charge in [0.15, 0.2) is 0 Å². The molecule has 0 saturated heterocycles. The fourth-order valence-electron chi connectivity index (χ4n) is 0.476. The second-order valence-corrected chi connectivity index (χ2v) is 4.74. The van der Waals surface area contributed by atoms with Crippen molar-refractivity contribution in [1.29, 1.82) is 5.26 Å². The maximum absolute atomic E-state index is 10.6. The SMILES string of the molecule is CC(CC#N)N(C)S(=O)(=O)Cl. The minimum Gasteiger partial charge on any atom is -0.198 e. The van der Waals surface area contributed by atoms with E-state index in [1.807, 2.05) is 6.07 Å². The molecule has 0 aromatic carbocycles. The molecule has 0 spiro atoms. The minimum atomic E-state index is -3.67. The first-order chi connectivity index (χ1) is 4.89. The zero-order valence-electron chi connectivity index (χ0n) is 6.28. The Morgan fingerprint density at radius 1 is 1.73 bits per heavy atom. The topological polar surface area (TPSA) is 61.2 Å². The number of hydrogen-bond acceptors (Lipinski definition) is 3. The molecule has 0 saturated carbocycles. The fourth-order valence-corrected chi connectivity index (χ4v) is 1.39. The van der Waals surface area contributed by atoms with Gasteiger partial charge < -0.3 is 0 Å². The number of halogens is 1. The summed E-state index contributed by atoms with van der Waals surface area (Å²) in [6.45, 7) is 1.61. The largest absolute Gasteiger partial charge is 0.299 e. The first-order valence-electron chi connectivity index (χ1n) is 2.94. The molecule has 1 atom stereocenters. The van der Waals surface area contributed by atoms with Crippen molar-refractivity contribution < 1.29 is 8.42 Å². The third-order valence-electron chi connectivity index (χ3n) is 1.35. The van der Waals surface area contributed by atoms with Crippen LogP contribution in [0.2, 0.25) is 0 Å². The van der Waals surface area contributed by atoms with E-state index in [9.17, 15) is 8.42 Å². The van der Waals surface area contributed by atoms with Crippen molar-refractivity contribution >= 4 is 19.9 Å². The van der Waals surface area contributed by atoms with Gasteiger partial charge in [0, 0.05) is 23.8 Å². The lowest BCUT2D eigenvalue weighted by Crippen LogP contribution is -2.31. The molecular weight excluding hydrogens is 188 g/mol. The molecule has 0 aliphatic heterocycles. The maximum atomic E-state index is 10.6. The maximum Gasteiger partial charge on any atom is 0.299 e. The Kier molecular flexibility index (Phi) is 3.79. The van der Waals surface area contributed by atoms with Gasteiger partial charge in [0.2, 0.25) is 0 Å². The van der Waals surface area contributed by atoms with E-state index in [4.69, 9.17) is 15.9 Å². The molecule has 0 aliphatic rings. The Balaban J connectivity index is 4.28. The molecule has 0 rings (SSSR count). The van der Waals surface area contributed by atoms with E-state index in [0.29, 0.717) is 0 Å². The highest BCUT2D eigenvalue weighted by atomic mass is 35.7. The average Bonchev–Trinajstić information content (AvgIpc) is 1.85. The molecule has 6 heteroatoms. The second kappa shape index (κ2) is 3.90. The predicted molar refractivity (Wildman–Crippen MR) is 42.2 cm³/mol. The molecule has 0 aromatic rings. The lowest BCUT2D eigenvalue weighted by molar-refractivity contribution is 0.402. The minimum absolute atomic E-state index is 0.141. The zero-order chi connectivity index (χ0) is 9.07. The smallest absolute Gasteiger partial charge is 0.198 e. The van der Waals surface area contributed by atoms with Crippen LogP contribution in [-0.2, 0) is 9.24 Å². The standard InChI is InChI=1S/C5H9ClN2O2S/c1-5(3-4-7)8(2)11(6,9)10/h5H,3H2,1-2H3. The summed E-state index contributed by atoms with van der Waals surface area (Å²) in [6.07, 6.45) is 0.141. The molecule has 0 aliphatic carbocycles. The van der Waals surface area contributed by atoms with E-state index >= 15 is 0 Å². The molecule has 0 bridgehead atoms. The lowest BCUT2D eigenvalue weighted by atomic mass is 10.3. The van der Waals surface area contributed by atoms with Crippen molar-refractivity contribution in [3.8, 4) is 6.07 Å². The Labute approximate surface area is 70.9 Å². The van der Waals surface area contributed by atoms with Crippen molar-refractivity contribution in [3.63, 3.8) is 0 Å². The Bertz CT molecular complexity index is 256. The van der Waals surface area contributed by atoms with Crippen molar-refractivity contribution in [3.05, 3.63) is 0 Å². The van der Waals surface area contributed by atoms with Gasteiger partial charge in [0.1, 0.15) is 0 Å². The summed E-state index contributed by atoms with van der Waals surface area (Å²) in [5.41, 5.74) is 0. The van der Waals surface area contributed by atoms with Crippen LogP contribution in [0, 0.1) is 11.3 Å². The molecule has 4 nitrogen and oxygen atoms in total. The summed E-state index contributed by atoms with van der Waals surface area (Å²) < 4.78 is 22.2. The van der Waals surface area contributed by atoms with E-state index in [1.54, 1.807) is 6.92 Å².